The van der Waals surface area contributed by atoms with Gasteiger partial charge in [-0.3, -0.25) is 5.43 Å². The van der Waals surface area contributed by atoms with E-state index in [9.17, 15) is 0 Å². The molecule has 0 amide bonds. The average molecular weight is 306 g/mol. The minimum absolute atomic E-state index is 0.196. The summed E-state index contributed by atoms with van der Waals surface area (Å²) in [6, 6.07) is 19.5. The second-order valence-corrected chi connectivity index (χ2v) is 5.59. The van der Waals surface area contributed by atoms with E-state index in [0.29, 0.717) is 0 Å². The van der Waals surface area contributed by atoms with Gasteiger partial charge in [0.05, 0.1) is 5.69 Å². The van der Waals surface area contributed by atoms with Crippen LogP contribution in [-0.2, 0) is 5.75 Å². The first-order valence-corrected chi connectivity index (χ1v) is 7.63. The Morgan fingerprint density at radius 2 is 1.91 bits per heavy atom. The van der Waals surface area contributed by atoms with Gasteiger partial charge in [0, 0.05) is 10.6 Å². The van der Waals surface area contributed by atoms with Crippen molar-refractivity contribution in [3.8, 4) is 12.1 Å². The molecule has 22 heavy (non-hydrogen) atoms. The van der Waals surface area contributed by atoms with Gasteiger partial charge in [-0.25, -0.2) is 0 Å². The van der Waals surface area contributed by atoms with E-state index < -0.39 is 0 Å². The van der Waals surface area contributed by atoms with Gasteiger partial charge >= 0.3 is 0 Å². The Bertz CT molecular complexity index is 753. The van der Waals surface area contributed by atoms with Crippen LogP contribution in [0.1, 0.15) is 11.1 Å². The van der Waals surface area contributed by atoms with E-state index in [1.165, 1.54) is 11.1 Å². The number of benzene rings is 2. The number of nitrogens with one attached hydrogen (secondary N) is 1. The lowest BCUT2D eigenvalue weighted by molar-refractivity contribution is 1.27. The predicted octanol–water partition coefficient (Wildman–Crippen LogP) is 4.10. The molecule has 2 aromatic rings. The number of nitrogens with zero attached hydrogens (tertiary/aromatic N) is 3. The van der Waals surface area contributed by atoms with Crippen LogP contribution in [0.5, 0.6) is 0 Å². The number of thioether (sulfide) groups is 1. The molecule has 0 bridgehead atoms. The normalized spacial score (nSPS) is 9.41. The first-order chi connectivity index (χ1) is 10.7. The third kappa shape index (κ3) is 4.37. The highest BCUT2D eigenvalue weighted by atomic mass is 32.2. The number of hydrogen-bond donors (Lipinski definition) is 1. The Morgan fingerprint density at radius 1 is 1.14 bits per heavy atom. The number of hydrazone groups is 1. The van der Waals surface area contributed by atoms with E-state index in [4.69, 9.17) is 10.5 Å². The predicted molar refractivity (Wildman–Crippen MR) is 89.5 cm³/mol. The molecule has 0 fully saturated rings. The first kappa shape index (κ1) is 15.6. The molecule has 4 nitrogen and oxygen atoms in total. The number of para-hydroxylation sites is 1. The van der Waals surface area contributed by atoms with Crippen LogP contribution in [-0.4, -0.2) is 5.71 Å². The molecule has 0 atom stereocenters. The van der Waals surface area contributed by atoms with Crippen molar-refractivity contribution in [2.75, 3.05) is 5.43 Å². The molecule has 0 aliphatic rings. The van der Waals surface area contributed by atoms with E-state index in [0.717, 1.165) is 16.3 Å². The number of hydrogen-bond acceptors (Lipinski definition) is 5. The van der Waals surface area contributed by atoms with Gasteiger partial charge in [-0.15, -0.1) is 11.8 Å². The third-order valence-electron chi connectivity index (χ3n) is 2.86. The zero-order valence-corrected chi connectivity index (χ0v) is 12.9. The fourth-order valence-electron chi connectivity index (χ4n) is 1.84. The molecule has 0 aliphatic heterocycles. The molecular formula is C17H14N4S. The van der Waals surface area contributed by atoms with Crippen molar-refractivity contribution in [1.82, 2.24) is 0 Å². The Kier molecular flexibility index (Phi) is 5.59. The van der Waals surface area contributed by atoms with Crippen molar-refractivity contribution >= 4 is 23.2 Å². The molecule has 0 saturated heterocycles. The van der Waals surface area contributed by atoms with Crippen molar-refractivity contribution in [3.63, 3.8) is 0 Å². The summed E-state index contributed by atoms with van der Waals surface area (Å²) in [6.45, 7) is 2.07. The molecule has 0 aromatic heterocycles. The molecule has 0 saturated carbocycles. The van der Waals surface area contributed by atoms with E-state index in [2.05, 4.69) is 35.7 Å². The maximum absolute atomic E-state index is 8.70. The maximum Gasteiger partial charge on any atom is 0.237 e. The summed E-state index contributed by atoms with van der Waals surface area (Å²) in [4.78, 5) is 1.02. The van der Waals surface area contributed by atoms with E-state index >= 15 is 0 Å². The first-order valence-electron chi connectivity index (χ1n) is 6.64. The third-order valence-corrected chi connectivity index (χ3v) is 4.01. The molecule has 2 aromatic carbocycles. The summed E-state index contributed by atoms with van der Waals surface area (Å²) >= 11 is 1.68. The van der Waals surface area contributed by atoms with Gasteiger partial charge in [0.15, 0.2) is 0 Å². The SMILES string of the molecule is Cc1cccc(CSc2ccccc2NN=C(C#N)C#N)c1. The minimum atomic E-state index is -0.196. The number of nitriles is 2. The monoisotopic (exact) mass is 306 g/mol. The molecule has 108 valence electrons. The molecule has 0 spiro atoms. The lowest BCUT2D eigenvalue weighted by Crippen LogP contribution is -1.97. The molecule has 0 radical (unpaired) electrons. The maximum atomic E-state index is 8.70. The lowest BCUT2D eigenvalue weighted by atomic mass is 10.2. The molecule has 1 N–H and O–H groups in total. The smallest absolute Gasteiger partial charge is 0.237 e. The van der Waals surface area contributed by atoms with Gasteiger partial charge < -0.3 is 0 Å². The fraction of sp³-hybridized carbons (Fsp3) is 0.118. The standard InChI is InChI=1S/C17H14N4S/c1-13-5-4-6-14(9-13)12-22-17-8-3-2-7-16(17)21-20-15(10-18)11-19/h2-9,21H,12H2,1H3. The number of aryl methyl sites for hydroxylation is 1. The molecule has 0 heterocycles. The molecular weight excluding hydrogens is 292 g/mol. The summed E-state index contributed by atoms with van der Waals surface area (Å²) < 4.78 is 0. The minimum Gasteiger partial charge on any atom is -0.275 e. The van der Waals surface area contributed by atoms with Crippen molar-refractivity contribution in [1.29, 1.82) is 10.5 Å². The van der Waals surface area contributed by atoms with Crippen LogP contribution >= 0.6 is 11.8 Å². The van der Waals surface area contributed by atoms with E-state index in [1.807, 2.05) is 30.3 Å². The van der Waals surface area contributed by atoms with Gasteiger partial charge in [0.1, 0.15) is 12.1 Å². The van der Waals surface area contributed by atoms with Crippen molar-refractivity contribution < 1.29 is 0 Å². The molecule has 0 unspecified atom stereocenters. The van der Waals surface area contributed by atoms with Gasteiger partial charge in [-0.2, -0.15) is 15.6 Å². The highest BCUT2D eigenvalue weighted by molar-refractivity contribution is 7.98. The Morgan fingerprint density at radius 3 is 2.64 bits per heavy atom. The van der Waals surface area contributed by atoms with Gasteiger partial charge in [0.2, 0.25) is 5.71 Å². The van der Waals surface area contributed by atoms with Crippen LogP contribution in [0.4, 0.5) is 5.69 Å². The van der Waals surface area contributed by atoms with Gasteiger partial charge in [-0.1, -0.05) is 42.0 Å². The Hall–Kier alpha value is -2.76. The summed E-state index contributed by atoms with van der Waals surface area (Å²) in [5, 5.41) is 21.2. The van der Waals surface area contributed by atoms with Crippen LogP contribution in [0.2, 0.25) is 0 Å². The fourth-order valence-corrected chi connectivity index (χ4v) is 2.78. The lowest BCUT2D eigenvalue weighted by Gasteiger charge is -2.08. The second-order valence-electron chi connectivity index (χ2n) is 4.57. The van der Waals surface area contributed by atoms with Crippen molar-refractivity contribution in [2.45, 2.75) is 17.6 Å². The zero-order chi connectivity index (χ0) is 15.8. The van der Waals surface area contributed by atoms with Crippen LogP contribution < -0.4 is 5.43 Å². The molecule has 0 aliphatic carbocycles. The zero-order valence-electron chi connectivity index (χ0n) is 12.1. The van der Waals surface area contributed by atoms with Crippen molar-refractivity contribution in [2.24, 2.45) is 5.10 Å². The molecule has 2 rings (SSSR count). The average Bonchev–Trinajstić information content (AvgIpc) is 2.55. The summed E-state index contributed by atoms with van der Waals surface area (Å²) in [6.07, 6.45) is 0. The van der Waals surface area contributed by atoms with Gasteiger partial charge in [0.25, 0.3) is 0 Å². The van der Waals surface area contributed by atoms with Crippen LogP contribution in [0, 0.1) is 29.6 Å². The largest absolute Gasteiger partial charge is 0.275 e. The van der Waals surface area contributed by atoms with E-state index in [1.54, 1.807) is 23.9 Å². The van der Waals surface area contributed by atoms with Crippen LogP contribution in [0.15, 0.2) is 58.5 Å². The van der Waals surface area contributed by atoms with Crippen LogP contribution in [0.3, 0.4) is 0 Å². The quantitative estimate of drug-likeness (QED) is 0.513. The Labute approximate surface area is 134 Å². The number of anilines is 1. The topological polar surface area (TPSA) is 72.0 Å². The second kappa shape index (κ2) is 7.87. The molecule has 5 heteroatoms. The highest BCUT2D eigenvalue weighted by Crippen LogP contribution is 2.30. The van der Waals surface area contributed by atoms with Gasteiger partial charge in [-0.05, 0) is 24.6 Å². The Balaban J connectivity index is 2.10. The summed E-state index contributed by atoms with van der Waals surface area (Å²) in [7, 11) is 0. The van der Waals surface area contributed by atoms with E-state index in [-0.39, 0.29) is 5.71 Å². The van der Waals surface area contributed by atoms with Crippen molar-refractivity contribution in [3.05, 3.63) is 59.7 Å². The number of rotatable bonds is 5. The summed E-state index contributed by atoms with van der Waals surface area (Å²) in [5.41, 5.74) is 5.86. The highest BCUT2D eigenvalue weighted by Gasteiger charge is 2.03. The van der Waals surface area contributed by atoms with Crippen LogP contribution in [0.25, 0.3) is 0 Å². The summed E-state index contributed by atoms with van der Waals surface area (Å²) in [5.74, 6) is 0.841.